The second-order valence-electron chi connectivity index (χ2n) is 6.36. The van der Waals surface area contributed by atoms with Crippen LogP contribution in [0.1, 0.15) is 10.4 Å². The van der Waals surface area contributed by atoms with Crippen molar-refractivity contribution < 1.29 is 28.5 Å². The minimum Gasteiger partial charge on any atom is -0.493 e. The molecule has 2 amide bonds. The molecule has 0 saturated carbocycles. The molecular weight excluding hydrogens is 400 g/mol. The Bertz CT molecular complexity index is 1030. The van der Waals surface area contributed by atoms with Crippen LogP contribution < -0.4 is 30.0 Å². The van der Waals surface area contributed by atoms with E-state index in [1.165, 1.54) is 26.4 Å². The SMILES string of the molecule is COc1cc(C(=O)Nc2ccc(Oc3ccccc3)cc2)cc(OC)c1OCC(N)=O. The molecule has 3 aromatic carbocycles. The zero-order valence-electron chi connectivity index (χ0n) is 17.1. The standard InChI is InChI=1S/C23H22N2O6/c1-28-19-12-15(13-20(29-2)22(19)30-14-21(24)26)23(27)25-16-8-10-18(11-9-16)31-17-6-4-3-5-7-17/h3-13H,14H2,1-2H3,(H2,24,26)(H,25,27). The van der Waals surface area contributed by atoms with Gasteiger partial charge < -0.3 is 30.0 Å². The van der Waals surface area contributed by atoms with Crippen LogP contribution in [0.5, 0.6) is 28.7 Å². The van der Waals surface area contributed by atoms with Gasteiger partial charge in [-0.2, -0.15) is 0 Å². The number of rotatable bonds is 9. The molecule has 0 bridgehead atoms. The van der Waals surface area contributed by atoms with Crippen molar-refractivity contribution in [3.05, 3.63) is 72.3 Å². The first-order chi connectivity index (χ1) is 15.0. The molecule has 0 saturated heterocycles. The first-order valence-electron chi connectivity index (χ1n) is 9.31. The van der Waals surface area contributed by atoms with E-state index < -0.39 is 5.91 Å². The molecule has 0 heterocycles. The number of amides is 2. The normalized spacial score (nSPS) is 10.1. The maximum atomic E-state index is 12.7. The van der Waals surface area contributed by atoms with E-state index in [1.807, 2.05) is 30.3 Å². The largest absolute Gasteiger partial charge is 0.493 e. The topological polar surface area (TPSA) is 109 Å². The van der Waals surface area contributed by atoms with E-state index in [4.69, 9.17) is 24.7 Å². The van der Waals surface area contributed by atoms with E-state index in [-0.39, 0.29) is 35.3 Å². The Morgan fingerprint density at radius 2 is 1.45 bits per heavy atom. The predicted molar refractivity (Wildman–Crippen MR) is 115 cm³/mol. The van der Waals surface area contributed by atoms with Crippen molar-refractivity contribution in [1.82, 2.24) is 0 Å². The number of hydrogen-bond acceptors (Lipinski definition) is 6. The summed E-state index contributed by atoms with van der Waals surface area (Å²) in [5.41, 5.74) is 5.99. The molecule has 0 aliphatic carbocycles. The molecule has 0 aromatic heterocycles. The van der Waals surface area contributed by atoms with Crippen LogP contribution in [0.3, 0.4) is 0 Å². The van der Waals surface area contributed by atoms with Crippen molar-refractivity contribution in [2.75, 3.05) is 26.1 Å². The van der Waals surface area contributed by atoms with E-state index >= 15 is 0 Å². The van der Waals surface area contributed by atoms with Crippen LogP contribution in [0, 0.1) is 0 Å². The molecule has 3 aromatic rings. The van der Waals surface area contributed by atoms with Crippen LogP contribution in [0.25, 0.3) is 0 Å². The van der Waals surface area contributed by atoms with Gasteiger partial charge in [-0.25, -0.2) is 0 Å². The molecule has 8 heteroatoms. The molecule has 0 unspecified atom stereocenters. The highest BCUT2D eigenvalue weighted by molar-refractivity contribution is 6.05. The van der Waals surface area contributed by atoms with Gasteiger partial charge in [0.05, 0.1) is 14.2 Å². The van der Waals surface area contributed by atoms with Gasteiger partial charge in [-0.15, -0.1) is 0 Å². The number of benzene rings is 3. The van der Waals surface area contributed by atoms with Crippen LogP contribution in [-0.2, 0) is 4.79 Å². The van der Waals surface area contributed by atoms with Crippen LogP contribution in [0.2, 0.25) is 0 Å². The molecule has 3 rings (SSSR count). The van der Waals surface area contributed by atoms with E-state index in [1.54, 1.807) is 24.3 Å². The fourth-order valence-electron chi connectivity index (χ4n) is 2.73. The van der Waals surface area contributed by atoms with Gasteiger partial charge in [-0.1, -0.05) is 18.2 Å². The average molecular weight is 422 g/mol. The number of anilines is 1. The number of primary amides is 1. The Balaban J connectivity index is 1.74. The highest BCUT2D eigenvalue weighted by Gasteiger charge is 2.18. The van der Waals surface area contributed by atoms with E-state index in [9.17, 15) is 9.59 Å². The Hall–Kier alpha value is -4.20. The van der Waals surface area contributed by atoms with Gasteiger partial charge in [0, 0.05) is 11.3 Å². The van der Waals surface area contributed by atoms with Gasteiger partial charge in [0.25, 0.3) is 11.8 Å². The van der Waals surface area contributed by atoms with Crippen LogP contribution in [0.4, 0.5) is 5.69 Å². The Morgan fingerprint density at radius 3 is 2.00 bits per heavy atom. The summed E-state index contributed by atoms with van der Waals surface area (Å²) in [5.74, 6) is 0.985. The first kappa shape index (κ1) is 21.5. The lowest BCUT2D eigenvalue weighted by atomic mass is 10.1. The lowest BCUT2D eigenvalue weighted by Crippen LogP contribution is -2.20. The third-order valence-corrected chi connectivity index (χ3v) is 4.17. The minimum atomic E-state index is -0.648. The van der Waals surface area contributed by atoms with Crippen molar-refractivity contribution in [3.63, 3.8) is 0 Å². The summed E-state index contributed by atoms with van der Waals surface area (Å²) >= 11 is 0. The van der Waals surface area contributed by atoms with E-state index in [0.29, 0.717) is 11.4 Å². The summed E-state index contributed by atoms with van der Waals surface area (Å²) < 4.78 is 21.7. The second kappa shape index (κ2) is 10.0. The number of carbonyl (C=O) groups is 2. The molecule has 160 valence electrons. The van der Waals surface area contributed by atoms with Gasteiger partial charge in [0.15, 0.2) is 18.1 Å². The molecule has 0 atom stereocenters. The minimum absolute atomic E-state index is 0.183. The molecule has 0 aliphatic rings. The number of para-hydroxylation sites is 1. The monoisotopic (exact) mass is 422 g/mol. The third-order valence-electron chi connectivity index (χ3n) is 4.17. The molecule has 0 fully saturated rings. The zero-order valence-corrected chi connectivity index (χ0v) is 17.1. The van der Waals surface area contributed by atoms with Gasteiger partial charge in [-0.05, 0) is 48.5 Å². The molecular formula is C23H22N2O6. The average Bonchev–Trinajstić information content (AvgIpc) is 2.79. The van der Waals surface area contributed by atoms with Crippen LogP contribution in [0.15, 0.2) is 66.7 Å². The Labute approximate surface area is 179 Å². The molecule has 0 spiro atoms. The molecule has 31 heavy (non-hydrogen) atoms. The number of methoxy groups -OCH3 is 2. The lowest BCUT2D eigenvalue weighted by Gasteiger charge is -2.15. The summed E-state index contributed by atoms with van der Waals surface area (Å²) in [6, 6.07) is 19.3. The number of hydrogen-bond donors (Lipinski definition) is 2. The van der Waals surface area contributed by atoms with Crippen LogP contribution >= 0.6 is 0 Å². The van der Waals surface area contributed by atoms with Crippen molar-refractivity contribution in [1.29, 1.82) is 0 Å². The number of carbonyl (C=O) groups excluding carboxylic acids is 2. The van der Waals surface area contributed by atoms with Gasteiger partial charge in [-0.3, -0.25) is 9.59 Å². The predicted octanol–water partition coefficient (Wildman–Crippen LogP) is 3.61. The summed E-state index contributed by atoms with van der Waals surface area (Å²) in [7, 11) is 2.83. The number of ether oxygens (including phenoxy) is 4. The van der Waals surface area contributed by atoms with Crippen molar-refractivity contribution >= 4 is 17.5 Å². The number of nitrogens with one attached hydrogen (secondary N) is 1. The number of nitrogens with two attached hydrogens (primary N) is 1. The quantitative estimate of drug-likeness (QED) is 0.545. The van der Waals surface area contributed by atoms with Crippen molar-refractivity contribution in [2.45, 2.75) is 0 Å². The Morgan fingerprint density at radius 1 is 0.871 bits per heavy atom. The lowest BCUT2D eigenvalue weighted by molar-refractivity contribution is -0.120. The van der Waals surface area contributed by atoms with E-state index in [2.05, 4.69) is 5.32 Å². The smallest absolute Gasteiger partial charge is 0.255 e. The van der Waals surface area contributed by atoms with Crippen molar-refractivity contribution in [3.8, 4) is 28.7 Å². The van der Waals surface area contributed by atoms with Gasteiger partial charge >= 0.3 is 0 Å². The van der Waals surface area contributed by atoms with Gasteiger partial charge in [0.1, 0.15) is 11.5 Å². The van der Waals surface area contributed by atoms with Gasteiger partial charge in [0.2, 0.25) is 5.75 Å². The fraction of sp³-hybridized carbons (Fsp3) is 0.130. The maximum absolute atomic E-state index is 12.7. The summed E-state index contributed by atoms with van der Waals surface area (Å²) in [5, 5.41) is 2.80. The zero-order chi connectivity index (χ0) is 22.2. The summed E-state index contributed by atoms with van der Waals surface area (Å²) in [6.07, 6.45) is 0. The third kappa shape index (κ3) is 5.66. The van der Waals surface area contributed by atoms with Crippen LogP contribution in [-0.4, -0.2) is 32.6 Å². The maximum Gasteiger partial charge on any atom is 0.255 e. The Kier molecular flexibility index (Phi) is 6.95. The molecule has 0 radical (unpaired) electrons. The molecule has 0 aliphatic heterocycles. The second-order valence-corrected chi connectivity index (χ2v) is 6.36. The molecule has 3 N–H and O–H groups in total. The van der Waals surface area contributed by atoms with E-state index in [0.717, 1.165) is 5.75 Å². The van der Waals surface area contributed by atoms with Crippen molar-refractivity contribution in [2.24, 2.45) is 5.73 Å². The highest BCUT2D eigenvalue weighted by Crippen LogP contribution is 2.38. The highest BCUT2D eigenvalue weighted by atomic mass is 16.5. The fourth-order valence-corrected chi connectivity index (χ4v) is 2.73. The summed E-state index contributed by atoms with van der Waals surface area (Å²) in [4.78, 5) is 23.8. The molecule has 8 nitrogen and oxygen atoms in total. The summed E-state index contributed by atoms with van der Waals surface area (Å²) in [6.45, 7) is -0.352. The first-order valence-corrected chi connectivity index (χ1v) is 9.31.